The molecule has 8 nitrogen and oxygen atoms in total. The SMILES string of the molecule is CCCCC/C=C/C=C/CCCCCCCCCCCCC(=O)OC(COCCC(C(=O)[O-])[N+](C)(C)C)COC(=O)CCCCCCCCCCCCCCCCCCCC. The van der Waals surface area contributed by atoms with Crippen molar-refractivity contribution in [2.24, 2.45) is 0 Å². The third-order valence-electron chi connectivity index (χ3n) is 11.9. The highest BCUT2D eigenvalue weighted by molar-refractivity contribution is 5.70. The van der Waals surface area contributed by atoms with Crippen molar-refractivity contribution in [3.63, 3.8) is 0 Å². The molecule has 0 aromatic rings. The third-order valence-corrected chi connectivity index (χ3v) is 11.9. The van der Waals surface area contributed by atoms with E-state index in [1.54, 1.807) is 0 Å². The summed E-state index contributed by atoms with van der Waals surface area (Å²) in [5.74, 6) is -1.72. The number of hydrogen-bond acceptors (Lipinski definition) is 7. The van der Waals surface area contributed by atoms with Gasteiger partial charge in [-0.3, -0.25) is 9.59 Å². The number of quaternary nitrogens is 1. The lowest BCUT2D eigenvalue weighted by molar-refractivity contribution is -0.889. The first kappa shape index (κ1) is 58.8. The first-order valence-corrected chi connectivity index (χ1v) is 25.9. The van der Waals surface area contributed by atoms with Crippen molar-refractivity contribution in [2.45, 2.75) is 257 Å². The number of hydrogen-bond donors (Lipinski definition) is 0. The van der Waals surface area contributed by atoms with Gasteiger partial charge in [0.1, 0.15) is 12.6 Å². The summed E-state index contributed by atoms with van der Waals surface area (Å²) in [6.45, 7) is 4.67. The monoisotopic (exact) mass is 862 g/mol. The Hall–Kier alpha value is -2.19. The Morgan fingerprint density at radius 2 is 0.852 bits per heavy atom. The van der Waals surface area contributed by atoms with Crippen molar-refractivity contribution in [1.82, 2.24) is 0 Å². The number of ether oxygens (including phenoxy) is 3. The fourth-order valence-corrected chi connectivity index (χ4v) is 7.83. The van der Waals surface area contributed by atoms with E-state index in [2.05, 4.69) is 38.2 Å². The van der Waals surface area contributed by atoms with E-state index in [1.165, 1.54) is 173 Å². The lowest BCUT2D eigenvalue weighted by Crippen LogP contribution is -2.55. The molecule has 0 saturated heterocycles. The molecule has 8 heteroatoms. The van der Waals surface area contributed by atoms with Crippen LogP contribution in [0.1, 0.15) is 245 Å². The molecule has 0 aliphatic carbocycles. The van der Waals surface area contributed by atoms with E-state index in [9.17, 15) is 19.5 Å². The number of rotatable bonds is 47. The van der Waals surface area contributed by atoms with E-state index < -0.39 is 18.1 Å². The quantitative estimate of drug-likeness (QED) is 0.0260. The van der Waals surface area contributed by atoms with Gasteiger partial charge in [-0.25, -0.2) is 0 Å². The lowest BCUT2D eigenvalue weighted by Gasteiger charge is -2.34. The van der Waals surface area contributed by atoms with Crippen LogP contribution in [0.5, 0.6) is 0 Å². The van der Waals surface area contributed by atoms with Gasteiger partial charge in [0.2, 0.25) is 0 Å². The van der Waals surface area contributed by atoms with Gasteiger partial charge in [-0.05, 0) is 38.5 Å². The Labute approximate surface area is 377 Å². The lowest BCUT2D eigenvalue weighted by atomic mass is 10.0. The van der Waals surface area contributed by atoms with Crippen LogP contribution in [0.25, 0.3) is 0 Å². The number of carboxylic acids is 1. The fourth-order valence-electron chi connectivity index (χ4n) is 7.83. The summed E-state index contributed by atoms with van der Waals surface area (Å²) in [6.07, 6.45) is 50.6. The Morgan fingerprint density at radius 3 is 1.26 bits per heavy atom. The highest BCUT2D eigenvalue weighted by atomic mass is 16.6. The Bertz CT molecular complexity index is 1050. The largest absolute Gasteiger partial charge is 0.544 e. The first-order valence-electron chi connectivity index (χ1n) is 25.9. The topological polar surface area (TPSA) is 102 Å². The second-order valence-electron chi connectivity index (χ2n) is 18.8. The summed E-state index contributed by atoms with van der Waals surface area (Å²) in [4.78, 5) is 37.0. The van der Waals surface area contributed by atoms with Crippen molar-refractivity contribution in [1.29, 1.82) is 0 Å². The van der Waals surface area contributed by atoms with Crippen molar-refractivity contribution >= 4 is 17.9 Å². The molecule has 2 atom stereocenters. The number of carboxylic acid groups (broad SMARTS) is 1. The summed E-state index contributed by atoms with van der Waals surface area (Å²) in [5, 5.41) is 11.7. The highest BCUT2D eigenvalue weighted by Crippen LogP contribution is 2.16. The summed E-state index contributed by atoms with van der Waals surface area (Å²) in [5.41, 5.74) is 0. The van der Waals surface area contributed by atoms with Crippen LogP contribution in [0.15, 0.2) is 24.3 Å². The average Bonchev–Trinajstić information content (AvgIpc) is 3.22. The van der Waals surface area contributed by atoms with Gasteiger partial charge in [0.15, 0.2) is 6.10 Å². The molecule has 0 N–H and O–H groups in total. The van der Waals surface area contributed by atoms with Gasteiger partial charge in [-0.15, -0.1) is 0 Å². The predicted octanol–water partition coefficient (Wildman–Crippen LogP) is 13.5. The maximum atomic E-state index is 12.8. The molecule has 2 unspecified atom stereocenters. The molecule has 0 fully saturated rings. The number of aliphatic carboxylic acids is 1. The molecule has 0 aliphatic rings. The number of unbranched alkanes of at least 4 members (excludes halogenated alkanes) is 30. The first-order chi connectivity index (χ1) is 29.6. The van der Waals surface area contributed by atoms with E-state index in [0.717, 1.165) is 38.5 Å². The summed E-state index contributed by atoms with van der Waals surface area (Å²) >= 11 is 0. The molecule has 0 spiro atoms. The highest BCUT2D eigenvalue weighted by Gasteiger charge is 2.25. The van der Waals surface area contributed by atoms with Crippen molar-refractivity contribution in [2.75, 3.05) is 41.0 Å². The van der Waals surface area contributed by atoms with E-state index in [1.807, 2.05) is 21.1 Å². The van der Waals surface area contributed by atoms with Gasteiger partial charge < -0.3 is 28.6 Å². The zero-order chi connectivity index (χ0) is 44.9. The van der Waals surface area contributed by atoms with Gasteiger partial charge in [0.05, 0.1) is 40.3 Å². The number of nitrogens with zero attached hydrogens (tertiary/aromatic N) is 1. The van der Waals surface area contributed by atoms with Gasteiger partial charge >= 0.3 is 11.9 Å². The molecule has 0 aliphatic heterocycles. The van der Waals surface area contributed by atoms with E-state index in [-0.39, 0.29) is 42.7 Å². The van der Waals surface area contributed by atoms with Gasteiger partial charge in [0.25, 0.3) is 0 Å². The van der Waals surface area contributed by atoms with Crippen LogP contribution in [-0.4, -0.2) is 75.5 Å². The minimum atomic E-state index is -1.12. The Morgan fingerprint density at radius 1 is 0.492 bits per heavy atom. The summed E-state index contributed by atoms with van der Waals surface area (Å²) in [6, 6.07) is -0.724. The van der Waals surface area contributed by atoms with Crippen molar-refractivity contribution in [3.8, 4) is 0 Å². The minimum absolute atomic E-state index is 0.0440. The van der Waals surface area contributed by atoms with Crippen molar-refractivity contribution in [3.05, 3.63) is 24.3 Å². The van der Waals surface area contributed by atoms with Crippen LogP contribution in [0.3, 0.4) is 0 Å². The fraction of sp³-hybridized carbons (Fsp3) is 0.868. The summed E-state index contributed by atoms with van der Waals surface area (Å²) in [7, 11) is 5.42. The molecule has 0 radical (unpaired) electrons. The zero-order valence-corrected chi connectivity index (χ0v) is 40.8. The maximum absolute atomic E-state index is 12.8. The van der Waals surface area contributed by atoms with Crippen LogP contribution in [0, 0.1) is 0 Å². The normalized spacial score (nSPS) is 13.0. The Balaban J connectivity index is 4.22. The molecule has 0 aromatic carbocycles. The smallest absolute Gasteiger partial charge is 0.306 e. The molecule has 61 heavy (non-hydrogen) atoms. The third kappa shape index (κ3) is 42.9. The molecule has 0 amide bonds. The predicted molar refractivity (Wildman–Crippen MR) is 254 cm³/mol. The molecular formula is C53H99NO7. The molecule has 0 saturated carbocycles. The zero-order valence-electron chi connectivity index (χ0n) is 40.8. The molecule has 0 heterocycles. The minimum Gasteiger partial charge on any atom is -0.544 e. The standard InChI is InChI=1S/C53H99NO7/c1-6-8-10-12-14-16-18-20-22-24-26-28-30-32-34-36-38-40-42-44-52(56)61-49(47-59-46-45-50(53(57)58)54(3,4)5)48-60-51(55)43-41-39-37-35-33-31-29-27-25-23-21-19-17-15-13-11-9-7-2/h14,16,18,20,49-50H,6-13,15,17,19,21-48H2,1-5H3/b16-14+,20-18+. The number of allylic oxidation sites excluding steroid dienone is 4. The molecule has 0 rings (SSSR count). The number of carbonyl (C=O) groups excluding carboxylic acids is 3. The average molecular weight is 862 g/mol. The van der Waals surface area contributed by atoms with Crippen molar-refractivity contribution < 1.29 is 38.2 Å². The van der Waals surface area contributed by atoms with Crippen LogP contribution in [0.4, 0.5) is 0 Å². The molecule has 358 valence electrons. The van der Waals surface area contributed by atoms with Gasteiger partial charge in [-0.1, -0.05) is 212 Å². The van der Waals surface area contributed by atoms with Gasteiger partial charge in [-0.2, -0.15) is 0 Å². The molecule has 0 aromatic heterocycles. The van der Waals surface area contributed by atoms with E-state index in [4.69, 9.17) is 14.2 Å². The van der Waals surface area contributed by atoms with Crippen LogP contribution in [0.2, 0.25) is 0 Å². The van der Waals surface area contributed by atoms with E-state index >= 15 is 0 Å². The molecular weight excluding hydrogens is 763 g/mol. The number of esters is 2. The van der Waals surface area contributed by atoms with Crippen LogP contribution < -0.4 is 5.11 Å². The van der Waals surface area contributed by atoms with Crippen LogP contribution in [-0.2, 0) is 28.6 Å². The van der Waals surface area contributed by atoms with E-state index in [0.29, 0.717) is 12.8 Å². The second-order valence-corrected chi connectivity index (χ2v) is 18.8. The second kappa shape index (κ2) is 44.4. The van der Waals surface area contributed by atoms with Crippen LogP contribution >= 0.6 is 0 Å². The van der Waals surface area contributed by atoms with Gasteiger partial charge in [0, 0.05) is 19.3 Å². The number of carbonyl (C=O) groups is 3. The summed E-state index contributed by atoms with van der Waals surface area (Å²) < 4.78 is 17.3. The maximum Gasteiger partial charge on any atom is 0.306 e. The Kier molecular flexibility index (Phi) is 42.8. The number of likely N-dealkylation sites (N-methyl/N-ethyl adjacent to an activating group) is 1. The molecule has 0 bridgehead atoms.